The summed E-state index contributed by atoms with van der Waals surface area (Å²) in [6.07, 6.45) is 1.20. The Balaban J connectivity index is 1.55. The lowest BCUT2D eigenvalue weighted by atomic mass is 9.88. The van der Waals surface area contributed by atoms with E-state index in [9.17, 15) is 14.7 Å². The van der Waals surface area contributed by atoms with Crippen molar-refractivity contribution in [3.05, 3.63) is 89.5 Å². The van der Waals surface area contributed by atoms with Crippen molar-refractivity contribution in [1.29, 1.82) is 0 Å². The maximum atomic E-state index is 13.4. The highest BCUT2D eigenvalue weighted by molar-refractivity contribution is 6.10. The quantitative estimate of drug-likeness (QED) is 0.501. The van der Waals surface area contributed by atoms with Gasteiger partial charge in [0, 0.05) is 17.7 Å². The molecule has 0 aromatic heterocycles. The van der Waals surface area contributed by atoms with Gasteiger partial charge in [0.15, 0.2) is 22.9 Å². The molecular formula is C27H27NO5. The number of benzene rings is 3. The number of nitrogens with zero attached hydrogens (tertiary/aromatic N) is 1. The van der Waals surface area contributed by atoms with Gasteiger partial charge < -0.3 is 19.5 Å². The van der Waals surface area contributed by atoms with Crippen LogP contribution in [0.4, 0.5) is 5.69 Å². The number of para-hydroxylation sites is 1. The van der Waals surface area contributed by atoms with E-state index in [0.29, 0.717) is 34.9 Å². The number of ketones is 1. The van der Waals surface area contributed by atoms with E-state index in [1.165, 1.54) is 19.8 Å². The molecule has 0 bridgehead atoms. The summed E-state index contributed by atoms with van der Waals surface area (Å²) in [4.78, 5) is 28.1. The van der Waals surface area contributed by atoms with Crippen molar-refractivity contribution in [2.45, 2.75) is 24.9 Å². The molecule has 170 valence electrons. The zero-order chi connectivity index (χ0) is 23.4. The van der Waals surface area contributed by atoms with Crippen LogP contribution in [-0.2, 0) is 16.8 Å². The molecule has 1 heterocycles. The second-order valence-corrected chi connectivity index (χ2v) is 8.09. The first-order chi connectivity index (χ1) is 16.0. The van der Waals surface area contributed by atoms with E-state index in [1.807, 2.05) is 30.3 Å². The monoisotopic (exact) mass is 445 g/mol. The van der Waals surface area contributed by atoms with Gasteiger partial charge in [0.05, 0.1) is 26.3 Å². The van der Waals surface area contributed by atoms with Gasteiger partial charge in [-0.3, -0.25) is 9.59 Å². The van der Waals surface area contributed by atoms with E-state index in [4.69, 9.17) is 9.47 Å². The minimum atomic E-state index is -1.91. The molecule has 1 N–H and O–H groups in total. The lowest BCUT2D eigenvalue weighted by Gasteiger charge is -2.23. The standard InChI is InChI=1S/C27H27NO5/c1-32-24-15-14-20(17-25(24)33-2)23(29)18-27(31)21-12-6-7-13-22(21)28(26(27)30)16-8-11-19-9-4-3-5-10-19/h3-7,9-10,12-15,17,31H,8,11,16,18H2,1-2H3/t27-/m1/s1. The Morgan fingerprint density at radius 3 is 2.36 bits per heavy atom. The lowest BCUT2D eigenvalue weighted by molar-refractivity contribution is -0.135. The summed E-state index contributed by atoms with van der Waals surface area (Å²) in [5, 5.41) is 11.5. The molecule has 33 heavy (non-hydrogen) atoms. The van der Waals surface area contributed by atoms with Crippen LogP contribution in [0.25, 0.3) is 0 Å². The molecule has 0 spiro atoms. The number of methoxy groups -OCH3 is 2. The number of ether oxygens (including phenoxy) is 2. The van der Waals surface area contributed by atoms with Gasteiger partial charge in [-0.1, -0.05) is 48.5 Å². The average molecular weight is 446 g/mol. The number of aliphatic hydroxyl groups is 1. The third-order valence-electron chi connectivity index (χ3n) is 6.05. The Labute approximate surface area is 193 Å². The van der Waals surface area contributed by atoms with Gasteiger partial charge in [0.25, 0.3) is 5.91 Å². The second-order valence-electron chi connectivity index (χ2n) is 8.09. The first kappa shape index (κ1) is 22.6. The maximum Gasteiger partial charge on any atom is 0.264 e. The van der Waals surface area contributed by atoms with Gasteiger partial charge in [0.2, 0.25) is 0 Å². The van der Waals surface area contributed by atoms with Crippen molar-refractivity contribution in [3.8, 4) is 11.5 Å². The number of aryl methyl sites for hydroxylation is 1. The summed E-state index contributed by atoms with van der Waals surface area (Å²) in [6.45, 7) is 0.456. The topological polar surface area (TPSA) is 76.1 Å². The summed E-state index contributed by atoms with van der Waals surface area (Å²) in [5.74, 6) is 0.0917. The minimum Gasteiger partial charge on any atom is -0.493 e. The van der Waals surface area contributed by atoms with E-state index in [0.717, 1.165) is 12.8 Å². The first-order valence-corrected chi connectivity index (χ1v) is 10.9. The largest absolute Gasteiger partial charge is 0.493 e. The average Bonchev–Trinajstić information content (AvgIpc) is 3.06. The number of rotatable bonds is 9. The fourth-order valence-electron chi connectivity index (χ4n) is 4.33. The molecule has 1 atom stereocenters. The highest BCUT2D eigenvalue weighted by atomic mass is 16.5. The molecule has 0 saturated carbocycles. The van der Waals surface area contributed by atoms with Crippen LogP contribution in [0, 0.1) is 0 Å². The SMILES string of the molecule is COc1ccc(C(=O)C[C@]2(O)C(=O)N(CCCc3ccccc3)c3ccccc32)cc1OC. The van der Waals surface area contributed by atoms with Crippen molar-refractivity contribution in [1.82, 2.24) is 0 Å². The van der Waals surface area contributed by atoms with E-state index in [2.05, 4.69) is 12.1 Å². The zero-order valence-corrected chi connectivity index (χ0v) is 18.8. The van der Waals surface area contributed by atoms with Crippen molar-refractivity contribution in [3.63, 3.8) is 0 Å². The van der Waals surface area contributed by atoms with Crippen LogP contribution in [0.2, 0.25) is 0 Å². The van der Waals surface area contributed by atoms with E-state index >= 15 is 0 Å². The summed E-state index contributed by atoms with van der Waals surface area (Å²) in [6, 6.07) is 22.0. The Hall–Kier alpha value is -3.64. The van der Waals surface area contributed by atoms with Gasteiger partial charge in [-0.15, -0.1) is 0 Å². The third-order valence-corrected chi connectivity index (χ3v) is 6.05. The van der Waals surface area contributed by atoms with Gasteiger partial charge in [-0.05, 0) is 42.7 Å². The zero-order valence-electron chi connectivity index (χ0n) is 18.8. The van der Waals surface area contributed by atoms with Gasteiger partial charge in [-0.2, -0.15) is 0 Å². The third kappa shape index (κ3) is 4.34. The van der Waals surface area contributed by atoms with Crippen LogP contribution < -0.4 is 14.4 Å². The number of fused-ring (bicyclic) bond motifs is 1. The van der Waals surface area contributed by atoms with Gasteiger partial charge in [-0.25, -0.2) is 0 Å². The van der Waals surface area contributed by atoms with Crippen molar-refractivity contribution < 1.29 is 24.2 Å². The Kier molecular flexibility index (Phi) is 6.47. The van der Waals surface area contributed by atoms with Crippen molar-refractivity contribution in [2.75, 3.05) is 25.7 Å². The Bertz CT molecular complexity index is 1160. The molecule has 0 fully saturated rings. The van der Waals surface area contributed by atoms with E-state index in [1.54, 1.807) is 35.2 Å². The molecule has 3 aromatic carbocycles. The fourth-order valence-corrected chi connectivity index (χ4v) is 4.33. The van der Waals surface area contributed by atoms with Gasteiger partial charge in [0.1, 0.15) is 0 Å². The number of carbonyl (C=O) groups excluding carboxylic acids is 2. The predicted molar refractivity (Wildman–Crippen MR) is 126 cm³/mol. The second kappa shape index (κ2) is 9.46. The molecule has 4 rings (SSSR count). The van der Waals surface area contributed by atoms with E-state index < -0.39 is 11.5 Å². The summed E-state index contributed by atoms with van der Waals surface area (Å²) >= 11 is 0. The number of Topliss-reactive ketones (excluding diaryl/α,β-unsaturated/α-hetero) is 1. The molecule has 0 saturated heterocycles. The summed E-state index contributed by atoms with van der Waals surface area (Å²) < 4.78 is 10.5. The van der Waals surface area contributed by atoms with Gasteiger partial charge >= 0.3 is 0 Å². The fraction of sp³-hybridized carbons (Fsp3) is 0.259. The van der Waals surface area contributed by atoms with Crippen LogP contribution in [-0.4, -0.2) is 37.6 Å². The lowest BCUT2D eigenvalue weighted by Crippen LogP contribution is -2.42. The molecule has 6 nitrogen and oxygen atoms in total. The Morgan fingerprint density at radius 1 is 0.939 bits per heavy atom. The van der Waals surface area contributed by atoms with Crippen molar-refractivity contribution in [2.24, 2.45) is 0 Å². The highest BCUT2D eigenvalue weighted by Gasteiger charge is 2.50. The smallest absolute Gasteiger partial charge is 0.264 e. The van der Waals surface area contributed by atoms with Crippen LogP contribution >= 0.6 is 0 Å². The maximum absolute atomic E-state index is 13.4. The molecule has 0 aliphatic carbocycles. The predicted octanol–water partition coefficient (Wildman–Crippen LogP) is 4.14. The number of hydrogen-bond acceptors (Lipinski definition) is 5. The first-order valence-electron chi connectivity index (χ1n) is 10.9. The molecule has 0 unspecified atom stereocenters. The van der Waals surface area contributed by atoms with E-state index in [-0.39, 0.29) is 12.2 Å². The molecule has 6 heteroatoms. The van der Waals surface area contributed by atoms with Crippen LogP contribution in [0.3, 0.4) is 0 Å². The van der Waals surface area contributed by atoms with Crippen LogP contribution in [0.1, 0.15) is 34.3 Å². The van der Waals surface area contributed by atoms with Crippen LogP contribution in [0.15, 0.2) is 72.8 Å². The molecule has 1 amide bonds. The normalized spacial score (nSPS) is 17.1. The Morgan fingerprint density at radius 2 is 1.64 bits per heavy atom. The summed E-state index contributed by atoms with van der Waals surface area (Å²) in [7, 11) is 3.01. The number of hydrogen-bond donors (Lipinski definition) is 1. The molecular weight excluding hydrogens is 418 g/mol. The molecule has 0 radical (unpaired) electrons. The number of anilines is 1. The summed E-state index contributed by atoms with van der Waals surface area (Å²) in [5.41, 5.74) is 0.736. The molecule has 1 aliphatic heterocycles. The highest BCUT2D eigenvalue weighted by Crippen LogP contribution is 2.43. The number of carbonyl (C=O) groups is 2. The molecule has 1 aliphatic rings. The number of amides is 1. The minimum absolute atomic E-state index is 0.342. The van der Waals surface area contributed by atoms with Crippen LogP contribution in [0.5, 0.6) is 11.5 Å². The van der Waals surface area contributed by atoms with Crippen molar-refractivity contribution >= 4 is 17.4 Å². The molecule has 3 aromatic rings.